The molecule has 0 atom stereocenters. The van der Waals surface area contributed by atoms with E-state index in [9.17, 15) is 4.79 Å². The molecule has 0 unspecified atom stereocenters. The number of rotatable bonds is 6. The van der Waals surface area contributed by atoms with Gasteiger partial charge in [0, 0.05) is 31.1 Å². The molecule has 144 valence electrons. The minimum atomic E-state index is -0.297. The quantitative estimate of drug-likeness (QED) is 0.784. The fourth-order valence-corrected chi connectivity index (χ4v) is 3.17. The molecule has 3 heterocycles. The van der Waals surface area contributed by atoms with Gasteiger partial charge in [-0.2, -0.15) is 4.52 Å². The molecule has 1 amide bonds. The molecule has 0 radical (unpaired) electrons. The Labute approximate surface area is 159 Å². The Morgan fingerprint density at radius 3 is 2.65 bits per heavy atom. The summed E-state index contributed by atoms with van der Waals surface area (Å²) in [5.74, 6) is 1.07. The number of hydrogen-bond donors (Lipinski definition) is 2. The predicted octanol–water partition coefficient (Wildman–Crippen LogP) is 1.40. The highest BCUT2D eigenvalue weighted by Crippen LogP contribution is 2.22. The van der Waals surface area contributed by atoms with Crippen LogP contribution in [0, 0.1) is 5.92 Å². The number of nitrogens with two attached hydrogens (primary N) is 1. The van der Waals surface area contributed by atoms with Crippen LogP contribution in [0.25, 0.3) is 5.65 Å². The summed E-state index contributed by atoms with van der Waals surface area (Å²) in [5, 5.41) is 15.4. The molecule has 3 rings (SSSR count). The second-order valence-corrected chi connectivity index (χ2v) is 6.87. The topological polar surface area (TPSA) is 101 Å². The van der Waals surface area contributed by atoms with Crippen molar-refractivity contribution in [3.8, 4) is 0 Å². The Morgan fingerprint density at radius 1 is 1.31 bits per heavy atom. The Bertz CT molecular complexity index is 723. The van der Waals surface area contributed by atoms with Crippen molar-refractivity contribution in [2.75, 3.05) is 24.5 Å². The van der Waals surface area contributed by atoms with Crippen molar-refractivity contribution in [1.82, 2.24) is 25.1 Å². The number of amides is 1. The third-order valence-electron chi connectivity index (χ3n) is 5.36. The highest BCUT2D eigenvalue weighted by atomic mass is 35.5. The van der Waals surface area contributed by atoms with Crippen LogP contribution in [0.2, 0.25) is 0 Å². The van der Waals surface area contributed by atoms with Gasteiger partial charge in [0.05, 0.1) is 0 Å². The predicted molar refractivity (Wildman–Crippen MR) is 103 cm³/mol. The molecule has 1 saturated heterocycles. The zero-order valence-corrected chi connectivity index (χ0v) is 16.2. The Kier molecular flexibility index (Phi) is 6.77. The highest BCUT2D eigenvalue weighted by Gasteiger charge is 2.28. The summed E-state index contributed by atoms with van der Waals surface area (Å²) in [5.41, 5.74) is 6.70. The fraction of sp³-hybridized carbons (Fsp3) is 0.647. The van der Waals surface area contributed by atoms with Crippen LogP contribution in [0.5, 0.6) is 0 Å². The zero-order chi connectivity index (χ0) is 17.9. The van der Waals surface area contributed by atoms with E-state index in [0.717, 1.165) is 50.2 Å². The number of piperidine rings is 1. The molecule has 8 nitrogen and oxygen atoms in total. The molecular formula is C17H28ClN7O. The van der Waals surface area contributed by atoms with Crippen molar-refractivity contribution in [1.29, 1.82) is 0 Å². The van der Waals surface area contributed by atoms with Gasteiger partial charge >= 0.3 is 0 Å². The Balaban J connectivity index is 0.00000243. The second kappa shape index (κ2) is 8.64. The van der Waals surface area contributed by atoms with Gasteiger partial charge in [0.1, 0.15) is 12.1 Å². The lowest BCUT2D eigenvalue weighted by molar-refractivity contribution is -0.125. The molecule has 0 spiro atoms. The van der Waals surface area contributed by atoms with Crippen molar-refractivity contribution < 1.29 is 4.79 Å². The minimum absolute atomic E-state index is 0. The normalized spacial score (nSPS) is 15.7. The standard InChI is InChI=1S/C17H27N7O.ClH/c1-3-17(18,4-2)11-19-16(25)13-7-9-23(10-8-13)15-6-5-14-21-20-12-24(14)22-15;/h5-6,12-13H,3-4,7-11,18H2,1-2H3,(H,19,25);1H. The van der Waals surface area contributed by atoms with E-state index in [2.05, 4.69) is 39.4 Å². The molecule has 26 heavy (non-hydrogen) atoms. The first-order valence-corrected chi connectivity index (χ1v) is 9.03. The molecule has 2 aromatic rings. The largest absolute Gasteiger partial charge is 0.355 e. The van der Waals surface area contributed by atoms with Gasteiger partial charge in [-0.1, -0.05) is 13.8 Å². The van der Waals surface area contributed by atoms with Crippen LogP contribution in [0.15, 0.2) is 18.5 Å². The van der Waals surface area contributed by atoms with E-state index in [1.807, 2.05) is 12.1 Å². The molecule has 0 bridgehead atoms. The summed E-state index contributed by atoms with van der Waals surface area (Å²) in [6, 6.07) is 3.86. The molecule has 1 aliphatic heterocycles. The smallest absolute Gasteiger partial charge is 0.223 e. The van der Waals surface area contributed by atoms with Crippen LogP contribution in [-0.2, 0) is 4.79 Å². The lowest BCUT2D eigenvalue weighted by atomic mass is 9.92. The zero-order valence-electron chi connectivity index (χ0n) is 15.4. The molecule has 1 aliphatic rings. The third kappa shape index (κ3) is 4.42. The van der Waals surface area contributed by atoms with E-state index in [1.54, 1.807) is 10.8 Å². The summed E-state index contributed by atoms with van der Waals surface area (Å²) in [4.78, 5) is 14.6. The van der Waals surface area contributed by atoms with E-state index >= 15 is 0 Å². The first-order valence-electron chi connectivity index (χ1n) is 9.03. The maximum atomic E-state index is 12.4. The van der Waals surface area contributed by atoms with Crippen molar-refractivity contribution in [3.63, 3.8) is 0 Å². The highest BCUT2D eigenvalue weighted by molar-refractivity contribution is 5.85. The van der Waals surface area contributed by atoms with Crippen LogP contribution in [0.4, 0.5) is 5.82 Å². The van der Waals surface area contributed by atoms with Crippen LogP contribution in [-0.4, -0.2) is 50.9 Å². The summed E-state index contributed by atoms with van der Waals surface area (Å²) >= 11 is 0. The fourth-order valence-electron chi connectivity index (χ4n) is 3.17. The SMILES string of the molecule is CCC(N)(CC)CNC(=O)C1CCN(c2ccc3nncn3n2)CC1.Cl. The maximum absolute atomic E-state index is 12.4. The van der Waals surface area contributed by atoms with E-state index in [0.29, 0.717) is 6.54 Å². The maximum Gasteiger partial charge on any atom is 0.223 e. The average molecular weight is 382 g/mol. The van der Waals surface area contributed by atoms with Gasteiger partial charge in [-0.25, -0.2) is 0 Å². The summed E-state index contributed by atoms with van der Waals surface area (Å²) in [6.45, 7) is 6.30. The van der Waals surface area contributed by atoms with E-state index < -0.39 is 0 Å². The van der Waals surface area contributed by atoms with Crippen LogP contribution >= 0.6 is 12.4 Å². The number of anilines is 1. The molecule has 9 heteroatoms. The number of nitrogens with one attached hydrogen (secondary N) is 1. The van der Waals surface area contributed by atoms with E-state index in [-0.39, 0.29) is 29.8 Å². The molecule has 2 aromatic heterocycles. The van der Waals surface area contributed by atoms with Gasteiger partial charge in [-0.3, -0.25) is 4.79 Å². The van der Waals surface area contributed by atoms with Crippen molar-refractivity contribution in [3.05, 3.63) is 18.5 Å². The van der Waals surface area contributed by atoms with E-state index in [1.165, 1.54) is 0 Å². The lowest BCUT2D eigenvalue weighted by Crippen LogP contribution is -2.51. The van der Waals surface area contributed by atoms with Crippen molar-refractivity contribution >= 4 is 29.8 Å². The summed E-state index contributed by atoms with van der Waals surface area (Å²) in [7, 11) is 0. The number of carbonyl (C=O) groups is 1. The lowest BCUT2D eigenvalue weighted by Gasteiger charge is -2.33. The number of aromatic nitrogens is 4. The van der Waals surface area contributed by atoms with Gasteiger partial charge in [0.25, 0.3) is 0 Å². The number of hydrogen-bond acceptors (Lipinski definition) is 6. The van der Waals surface area contributed by atoms with Crippen molar-refractivity contribution in [2.24, 2.45) is 11.7 Å². The molecule has 1 fully saturated rings. The Hall–Kier alpha value is -1.93. The summed E-state index contributed by atoms with van der Waals surface area (Å²) in [6.07, 6.45) is 4.96. The van der Waals surface area contributed by atoms with Crippen molar-refractivity contribution in [2.45, 2.75) is 45.1 Å². The average Bonchev–Trinajstić information content (AvgIpc) is 3.13. The first-order chi connectivity index (χ1) is 12.0. The molecule has 3 N–H and O–H groups in total. The van der Waals surface area contributed by atoms with Crippen LogP contribution < -0.4 is 16.0 Å². The van der Waals surface area contributed by atoms with Gasteiger partial charge < -0.3 is 16.0 Å². The second-order valence-electron chi connectivity index (χ2n) is 6.87. The molecule has 0 aliphatic carbocycles. The van der Waals surface area contributed by atoms with Crippen LogP contribution in [0.3, 0.4) is 0 Å². The van der Waals surface area contributed by atoms with Gasteiger partial charge in [-0.05, 0) is 37.8 Å². The van der Waals surface area contributed by atoms with Gasteiger partial charge in [0.2, 0.25) is 5.91 Å². The van der Waals surface area contributed by atoms with E-state index in [4.69, 9.17) is 5.73 Å². The minimum Gasteiger partial charge on any atom is -0.355 e. The van der Waals surface area contributed by atoms with Gasteiger partial charge in [0.15, 0.2) is 5.65 Å². The monoisotopic (exact) mass is 381 g/mol. The third-order valence-corrected chi connectivity index (χ3v) is 5.36. The number of fused-ring (bicyclic) bond motifs is 1. The molecule has 0 aromatic carbocycles. The number of carbonyl (C=O) groups excluding carboxylic acids is 1. The summed E-state index contributed by atoms with van der Waals surface area (Å²) < 4.78 is 1.67. The number of halogens is 1. The van der Waals surface area contributed by atoms with Gasteiger partial charge in [-0.15, -0.1) is 27.7 Å². The molecule has 0 saturated carbocycles. The number of nitrogens with zero attached hydrogens (tertiary/aromatic N) is 5. The first kappa shape index (κ1) is 20.4. The molecular weight excluding hydrogens is 354 g/mol. The van der Waals surface area contributed by atoms with Crippen LogP contribution in [0.1, 0.15) is 39.5 Å². The Morgan fingerprint density at radius 2 is 2.00 bits per heavy atom.